The number of esters is 2. The Kier molecular flexibility index (Phi) is 48.9. The second-order valence-electron chi connectivity index (χ2n) is 35.8. The minimum Gasteiger partial charge on any atom is -0.494 e. The van der Waals surface area contributed by atoms with Crippen LogP contribution in [0.15, 0.2) is 207 Å². The van der Waals surface area contributed by atoms with E-state index in [1.807, 2.05) is 147 Å². The lowest BCUT2D eigenvalue weighted by molar-refractivity contribution is 0.0731. The first-order chi connectivity index (χ1) is 67.1. The van der Waals surface area contributed by atoms with Crippen molar-refractivity contribution in [1.82, 2.24) is 39.9 Å². The molecule has 11 rings (SSSR count). The van der Waals surface area contributed by atoms with Crippen molar-refractivity contribution in [3.05, 3.63) is 241 Å². The highest BCUT2D eigenvalue weighted by atomic mass is 16.6. The number of rotatable bonds is 72. The summed E-state index contributed by atoms with van der Waals surface area (Å²) in [6, 6.07) is 48.7. The smallest absolute Gasteiger partial charge is 0.343 e. The molecule has 0 aliphatic heterocycles. The van der Waals surface area contributed by atoms with Crippen LogP contribution in [0.25, 0.3) is 45.6 Å². The van der Waals surface area contributed by atoms with E-state index >= 15 is 0 Å². The third-order valence-electron chi connectivity index (χ3n) is 24.4. The first-order valence-corrected chi connectivity index (χ1v) is 51.7. The summed E-state index contributed by atoms with van der Waals surface area (Å²) in [4.78, 5) is 65.7. The van der Waals surface area contributed by atoms with Gasteiger partial charge in [0.15, 0.2) is 46.3 Å². The lowest BCUT2D eigenvalue weighted by atomic mass is 10.1. The molecule has 0 spiro atoms. The molecule has 0 saturated heterocycles. The Morgan fingerprint density at radius 2 is 0.419 bits per heavy atom. The summed E-state index contributed by atoms with van der Waals surface area (Å²) in [6.07, 6.45) is 64.3. The van der Waals surface area contributed by atoms with E-state index in [2.05, 4.69) is 67.6 Å². The Bertz CT molecular complexity index is 4770. The fourth-order valence-corrected chi connectivity index (χ4v) is 16.2. The fraction of sp³-hybridized carbons (Fsp3) is 0.483. The number of unbranched alkanes of at least 4 members (excludes halogenated alkanes) is 32. The average Bonchev–Trinajstić information content (AvgIpc) is 0.797. The maximum absolute atomic E-state index is 14.2. The van der Waals surface area contributed by atoms with E-state index in [0.717, 1.165) is 185 Å². The highest BCUT2D eigenvalue weighted by Gasteiger charge is 2.20. The van der Waals surface area contributed by atoms with Gasteiger partial charge in [-0.25, -0.2) is 49.5 Å². The molecule has 0 atom stereocenters. The van der Waals surface area contributed by atoms with Gasteiger partial charge in [0.25, 0.3) is 0 Å². The summed E-state index contributed by atoms with van der Waals surface area (Å²) in [6.45, 7) is 13.1. The third kappa shape index (κ3) is 39.9. The fourth-order valence-electron chi connectivity index (χ4n) is 16.2. The quantitative estimate of drug-likeness (QED) is 0.0196. The first kappa shape index (κ1) is 105. The second-order valence-corrected chi connectivity index (χ2v) is 35.8. The molecule has 0 aliphatic carbocycles. The molecule has 0 bridgehead atoms. The van der Waals surface area contributed by atoms with Crippen molar-refractivity contribution >= 4 is 11.9 Å². The zero-order chi connectivity index (χ0) is 94.6. The van der Waals surface area contributed by atoms with E-state index in [1.165, 1.54) is 182 Å². The normalized spacial score (nSPS) is 11.2. The van der Waals surface area contributed by atoms with E-state index in [1.54, 1.807) is 54.6 Å². The number of carbonyl (C=O) groups is 2. The Hall–Kier alpha value is -11.8. The van der Waals surface area contributed by atoms with Crippen molar-refractivity contribution in [2.24, 2.45) is 0 Å². The summed E-state index contributed by atoms with van der Waals surface area (Å²) in [5.74, 6) is 7.18. The minimum atomic E-state index is -0.622. The van der Waals surface area contributed by atoms with E-state index in [4.69, 9.17) is 47.4 Å². The molecule has 20 heteroatoms. The standard InChI is InChI=1S/C116H150N8O12/c1-5-9-13-17-21-33-46-91-83-117-111(118-84-91)95-52-62-101(63-53-95)127-72-37-25-29-41-76-131-107-70-60-99(80-109(107)133-78-43-31-27-39-74-129-103-66-56-97(57-67-103)113-121-87-93(88-122-113)48-35-23-19-15-11-7-3)115(125)135-105-50-45-51-106(82-105)136-116(126)100-61-71-108(132-77-42-30-26-38-73-128-102-64-54-96(55-65-102)112-119-85-92(86-120-112)47-34-22-18-14-10-6-2)110(81-100)134-79-44-32-28-40-75-130-104-68-58-98(59-69-104)114-123-89-94(90-124-114)49-36-24-20-16-12-8-4/h45,50-71,80-90H,5-44,46-49,72-79H2,1-4H3. The number of aryl methyl sites for hydroxylation is 4. The molecule has 4 heterocycles. The van der Waals surface area contributed by atoms with Crippen LogP contribution in [0, 0.1) is 0 Å². The molecule has 4 aromatic heterocycles. The van der Waals surface area contributed by atoms with Crippen LogP contribution in [0.2, 0.25) is 0 Å². The van der Waals surface area contributed by atoms with Crippen LogP contribution >= 0.6 is 0 Å². The van der Waals surface area contributed by atoms with Crippen molar-refractivity contribution < 1.29 is 57.0 Å². The Morgan fingerprint density at radius 1 is 0.206 bits per heavy atom. The average molecular weight is 1850 g/mol. The summed E-state index contributed by atoms with van der Waals surface area (Å²) in [5.41, 5.74) is 9.09. The summed E-state index contributed by atoms with van der Waals surface area (Å²) >= 11 is 0. The maximum atomic E-state index is 14.2. The van der Waals surface area contributed by atoms with Crippen molar-refractivity contribution in [3.63, 3.8) is 0 Å². The number of benzene rings is 7. The van der Waals surface area contributed by atoms with Gasteiger partial charge >= 0.3 is 11.9 Å². The van der Waals surface area contributed by atoms with Crippen molar-refractivity contribution in [1.29, 1.82) is 0 Å². The molecule has 0 radical (unpaired) electrons. The maximum Gasteiger partial charge on any atom is 0.343 e. The molecule has 0 N–H and O–H groups in total. The zero-order valence-corrected chi connectivity index (χ0v) is 81.9. The van der Waals surface area contributed by atoms with Crippen LogP contribution < -0.4 is 47.4 Å². The van der Waals surface area contributed by atoms with Gasteiger partial charge in [0.1, 0.15) is 34.5 Å². The number of hydrogen-bond donors (Lipinski definition) is 0. The van der Waals surface area contributed by atoms with Crippen LogP contribution in [0.1, 0.15) is 327 Å². The van der Waals surface area contributed by atoms with Crippen molar-refractivity contribution in [2.45, 2.75) is 310 Å². The highest BCUT2D eigenvalue weighted by Crippen LogP contribution is 2.35. The molecule has 0 unspecified atom stereocenters. The van der Waals surface area contributed by atoms with E-state index in [-0.39, 0.29) is 22.6 Å². The monoisotopic (exact) mass is 1850 g/mol. The number of nitrogens with zero attached hydrogens (tertiary/aromatic N) is 8. The zero-order valence-electron chi connectivity index (χ0n) is 81.9. The number of hydrogen-bond acceptors (Lipinski definition) is 20. The van der Waals surface area contributed by atoms with Crippen LogP contribution in [0.4, 0.5) is 0 Å². The van der Waals surface area contributed by atoms with Gasteiger partial charge in [-0.15, -0.1) is 0 Å². The molecule has 0 amide bonds. The molecule has 136 heavy (non-hydrogen) atoms. The topological polar surface area (TPSA) is 230 Å². The molecule has 0 saturated carbocycles. The third-order valence-corrected chi connectivity index (χ3v) is 24.4. The number of aromatic nitrogens is 8. The molecular weight excluding hydrogens is 1700 g/mol. The Balaban J connectivity index is 0.647. The van der Waals surface area contributed by atoms with Crippen molar-refractivity contribution in [3.8, 4) is 103 Å². The second kappa shape index (κ2) is 63.5. The molecule has 20 nitrogen and oxygen atoms in total. The Morgan fingerprint density at radius 3 is 0.662 bits per heavy atom. The van der Waals surface area contributed by atoms with Gasteiger partial charge in [-0.05, 0) is 322 Å². The lowest BCUT2D eigenvalue weighted by Crippen LogP contribution is -2.11. The van der Waals surface area contributed by atoms with E-state index < -0.39 is 11.9 Å². The van der Waals surface area contributed by atoms with Gasteiger partial charge < -0.3 is 47.4 Å². The lowest BCUT2D eigenvalue weighted by Gasteiger charge is -2.15. The van der Waals surface area contributed by atoms with Gasteiger partial charge in [-0.3, -0.25) is 0 Å². The first-order valence-electron chi connectivity index (χ1n) is 51.7. The van der Waals surface area contributed by atoms with Gasteiger partial charge in [-0.2, -0.15) is 0 Å². The molecular formula is C116H150N8O12. The largest absolute Gasteiger partial charge is 0.494 e. The van der Waals surface area contributed by atoms with E-state index in [0.29, 0.717) is 87.5 Å². The van der Waals surface area contributed by atoms with Crippen LogP contribution in [0.3, 0.4) is 0 Å². The van der Waals surface area contributed by atoms with Crippen LogP contribution in [-0.2, 0) is 25.7 Å². The summed E-state index contributed by atoms with van der Waals surface area (Å²) < 4.78 is 62.3. The van der Waals surface area contributed by atoms with Gasteiger partial charge in [-0.1, -0.05) is 162 Å². The van der Waals surface area contributed by atoms with Gasteiger partial charge in [0.05, 0.1) is 64.0 Å². The molecule has 726 valence electrons. The summed E-state index contributed by atoms with van der Waals surface area (Å²) in [7, 11) is 0. The molecule has 11 aromatic rings. The van der Waals surface area contributed by atoms with Gasteiger partial charge in [0.2, 0.25) is 0 Å². The summed E-state index contributed by atoms with van der Waals surface area (Å²) in [5, 5.41) is 0. The number of ether oxygens (including phenoxy) is 10. The predicted molar refractivity (Wildman–Crippen MR) is 545 cm³/mol. The van der Waals surface area contributed by atoms with E-state index in [9.17, 15) is 9.59 Å². The SMILES string of the molecule is CCCCCCCCc1cnc(-c2ccc(OCCCCCCOc3ccc(C(=O)Oc4cccc(OC(=O)c5ccc(OCCCCCCOc6ccc(-c7ncc(CCCCCCCC)cn7)cc6)c(OCCCCCCOc6ccc(-c7ncc(CCCCCCCC)cn7)cc6)c5)c4)cc3OCCCCCCOc3ccc(-c4ncc(CCCCCCCC)cn4)cc3)cc2)nc1. The van der Waals surface area contributed by atoms with Crippen molar-refractivity contribution in [2.75, 3.05) is 52.9 Å². The van der Waals surface area contributed by atoms with Crippen LogP contribution in [0.5, 0.6) is 57.5 Å². The predicted octanol–water partition coefficient (Wildman–Crippen LogP) is 29.6. The molecule has 7 aromatic carbocycles. The molecule has 0 aliphatic rings. The number of carbonyl (C=O) groups excluding carboxylic acids is 2. The van der Waals surface area contributed by atoms with Gasteiger partial charge in [0, 0.05) is 77.9 Å². The Labute approximate surface area is 810 Å². The molecule has 0 fully saturated rings. The minimum absolute atomic E-state index is 0.185. The van der Waals surface area contributed by atoms with Crippen LogP contribution in [-0.4, -0.2) is 105 Å². The highest BCUT2D eigenvalue weighted by molar-refractivity contribution is 5.93.